The number of rotatable bonds is 3. The third kappa shape index (κ3) is 4.42. The van der Waals surface area contributed by atoms with Crippen molar-refractivity contribution in [2.75, 3.05) is 6.54 Å². The minimum absolute atomic E-state index is 0.120. The van der Waals surface area contributed by atoms with Crippen LogP contribution >= 0.6 is 43.2 Å². The average molecular weight is 428 g/mol. The zero-order valence-electron chi connectivity index (χ0n) is 11.0. The summed E-state index contributed by atoms with van der Waals surface area (Å²) in [5.74, 6) is 5.72. The fourth-order valence-corrected chi connectivity index (χ4v) is 4.50. The summed E-state index contributed by atoms with van der Waals surface area (Å²) in [5.41, 5.74) is 7.87. The maximum absolute atomic E-state index is 12.2. The second-order valence-corrected chi connectivity index (χ2v) is 7.83. The first-order chi connectivity index (χ1) is 10.1. The van der Waals surface area contributed by atoms with Crippen molar-refractivity contribution >= 4 is 49.1 Å². The van der Waals surface area contributed by atoms with Crippen LogP contribution < -0.4 is 11.1 Å². The Labute approximate surface area is 144 Å². The van der Waals surface area contributed by atoms with Crippen molar-refractivity contribution in [3.05, 3.63) is 54.6 Å². The number of nitrogens with one attached hydrogen (secondary N) is 1. The first-order valence-corrected chi connectivity index (χ1v) is 8.52. The van der Waals surface area contributed by atoms with Crippen LogP contribution in [0.2, 0.25) is 0 Å². The summed E-state index contributed by atoms with van der Waals surface area (Å²) >= 11 is 8.22. The summed E-state index contributed by atoms with van der Waals surface area (Å²) in [6.07, 6.45) is 0. The lowest BCUT2D eigenvalue weighted by Gasteiger charge is -2.06. The van der Waals surface area contributed by atoms with E-state index < -0.39 is 0 Å². The van der Waals surface area contributed by atoms with Gasteiger partial charge < -0.3 is 11.1 Å². The molecule has 1 heterocycles. The number of carbonyl (C=O) groups is 1. The molecule has 1 aromatic carbocycles. The van der Waals surface area contributed by atoms with Gasteiger partial charge in [0, 0.05) is 12.1 Å². The van der Waals surface area contributed by atoms with Gasteiger partial charge in [-0.05, 0) is 49.6 Å². The van der Waals surface area contributed by atoms with Crippen LogP contribution in [0, 0.1) is 11.8 Å². The van der Waals surface area contributed by atoms with E-state index in [-0.39, 0.29) is 5.91 Å². The van der Waals surface area contributed by atoms with Crippen LogP contribution in [0.15, 0.2) is 37.9 Å². The number of hydrogen-bond acceptors (Lipinski definition) is 3. The lowest BCUT2D eigenvalue weighted by molar-refractivity contribution is 0.0950. The highest BCUT2D eigenvalue weighted by Crippen LogP contribution is 2.31. The van der Waals surface area contributed by atoms with E-state index in [1.807, 2.05) is 24.3 Å². The molecule has 0 unspecified atom stereocenters. The highest BCUT2D eigenvalue weighted by molar-refractivity contribution is 9.12. The van der Waals surface area contributed by atoms with Crippen molar-refractivity contribution in [3.63, 3.8) is 0 Å². The van der Waals surface area contributed by atoms with Crippen molar-refractivity contribution in [2.45, 2.75) is 6.54 Å². The second kappa shape index (κ2) is 7.76. The summed E-state index contributed by atoms with van der Waals surface area (Å²) in [6.45, 7) is 0.741. The molecule has 0 radical (unpaired) electrons. The van der Waals surface area contributed by atoms with E-state index in [1.54, 1.807) is 6.07 Å². The van der Waals surface area contributed by atoms with E-state index in [2.05, 4.69) is 49.0 Å². The fourth-order valence-electron chi connectivity index (χ4n) is 1.71. The second-order valence-electron chi connectivity index (χ2n) is 4.08. The van der Waals surface area contributed by atoms with Crippen molar-refractivity contribution in [2.24, 2.45) is 5.73 Å². The van der Waals surface area contributed by atoms with E-state index in [0.29, 0.717) is 18.7 Å². The lowest BCUT2D eigenvalue weighted by atomic mass is 10.1. The Balaban J connectivity index is 2.10. The minimum atomic E-state index is -0.120. The quantitative estimate of drug-likeness (QED) is 0.736. The molecule has 0 bridgehead atoms. The molecule has 0 aliphatic rings. The van der Waals surface area contributed by atoms with Crippen LogP contribution in [0.1, 0.15) is 21.5 Å². The lowest BCUT2D eigenvalue weighted by Crippen LogP contribution is -2.23. The van der Waals surface area contributed by atoms with E-state index in [9.17, 15) is 4.79 Å². The van der Waals surface area contributed by atoms with Crippen molar-refractivity contribution in [3.8, 4) is 11.8 Å². The van der Waals surface area contributed by atoms with Crippen LogP contribution in [-0.2, 0) is 6.54 Å². The first kappa shape index (κ1) is 16.2. The van der Waals surface area contributed by atoms with Crippen molar-refractivity contribution in [1.82, 2.24) is 5.32 Å². The maximum Gasteiger partial charge on any atom is 0.253 e. The topological polar surface area (TPSA) is 55.1 Å². The van der Waals surface area contributed by atoms with Gasteiger partial charge in [0.2, 0.25) is 0 Å². The Kier molecular flexibility index (Phi) is 6.00. The number of nitrogens with two attached hydrogens (primary N) is 1. The first-order valence-electron chi connectivity index (χ1n) is 6.11. The average Bonchev–Trinajstić information content (AvgIpc) is 2.82. The standard InChI is InChI=1S/C15H12Br2N2OS/c16-13-8-12(14(17)21-13)15(20)19-9-11-5-2-1-4-10(11)6-3-7-18/h1-2,4-5,8H,7,9,18H2,(H,19,20). The van der Waals surface area contributed by atoms with Crippen LogP contribution in [0.5, 0.6) is 0 Å². The molecule has 2 aromatic rings. The molecule has 1 amide bonds. The van der Waals surface area contributed by atoms with Gasteiger partial charge in [0.25, 0.3) is 5.91 Å². The number of hydrogen-bond donors (Lipinski definition) is 2. The number of thiophene rings is 1. The van der Waals surface area contributed by atoms with Gasteiger partial charge in [0.1, 0.15) is 0 Å². The van der Waals surface area contributed by atoms with Gasteiger partial charge in [0.05, 0.1) is 19.7 Å². The summed E-state index contributed by atoms with van der Waals surface area (Å²) in [6, 6.07) is 9.50. The number of amides is 1. The van der Waals surface area contributed by atoms with Gasteiger partial charge in [-0.1, -0.05) is 30.0 Å². The largest absolute Gasteiger partial charge is 0.348 e. The highest BCUT2D eigenvalue weighted by atomic mass is 79.9. The van der Waals surface area contributed by atoms with Gasteiger partial charge in [-0.2, -0.15) is 0 Å². The molecule has 108 valence electrons. The van der Waals surface area contributed by atoms with Gasteiger partial charge >= 0.3 is 0 Å². The molecule has 3 N–H and O–H groups in total. The van der Waals surface area contributed by atoms with Gasteiger partial charge in [-0.3, -0.25) is 4.79 Å². The van der Waals surface area contributed by atoms with Gasteiger partial charge in [-0.15, -0.1) is 11.3 Å². The number of carbonyl (C=O) groups excluding carboxylic acids is 1. The fraction of sp³-hybridized carbons (Fsp3) is 0.133. The molecule has 1 aromatic heterocycles. The molecule has 3 nitrogen and oxygen atoms in total. The van der Waals surface area contributed by atoms with E-state index in [1.165, 1.54) is 11.3 Å². The third-order valence-electron chi connectivity index (χ3n) is 2.68. The van der Waals surface area contributed by atoms with Crippen LogP contribution in [0.4, 0.5) is 0 Å². The Morgan fingerprint density at radius 1 is 1.33 bits per heavy atom. The van der Waals surface area contributed by atoms with E-state index in [0.717, 1.165) is 18.7 Å². The summed E-state index contributed by atoms with van der Waals surface area (Å²) < 4.78 is 1.72. The summed E-state index contributed by atoms with van der Waals surface area (Å²) in [7, 11) is 0. The molecule has 21 heavy (non-hydrogen) atoms. The Bertz CT molecular complexity index is 716. The molecule has 6 heteroatoms. The molecular weight excluding hydrogens is 416 g/mol. The van der Waals surface area contributed by atoms with Crippen LogP contribution in [-0.4, -0.2) is 12.5 Å². The minimum Gasteiger partial charge on any atom is -0.348 e. The molecule has 0 spiro atoms. The summed E-state index contributed by atoms with van der Waals surface area (Å²) in [5, 5.41) is 2.90. The molecule has 0 atom stereocenters. The SMILES string of the molecule is NCC#Cc1ccccc1CNC(=O)c1cc(Br)sc1Br. The van der Waals surface area contributed by atoms with Crippen LogP contribution in [0.3, 0.4) is 0 Å². The highest BCUT2D eigenvalue weighted by Gasteiger charge is 2.13. The number of halogens is 2. The predicted molar refractivity (Wildman–Crippen MR) is 93.3 cm³/mol. The predicted octanol–water partition coefficient (Wildman–Crippen LogP) is 3.51. The normalized spacial score (nSPS) is 9.86. The Morgan fingerprint density at radius 2 is 2.10 bits per heavy atom. The van der Waals surface area contributed by atoms with Crippen LogP contribution in [0.25, 0.3) is 0 Å². The molecule has 2 rings (SSSR count). The molecular formula is C15H12Br2N2OS. The maximum atomic E-state index is 12.2. The Hall–Kier alpha value is -1.13. The van der Waals surface area contributed by atoms with E-state index in [4.69, 9.17) is 5.73 Å². The third-order valence-corrected chi connectivity index (χ3v) is 5.02. The zero-order chi connectivity index (χ0) is 15.2. The van der Waals surface area contributed by atoms with E-state index >= 15 is 0 Å². The van der Waals surface area contributed by atoms with Gasteiger partial charge in [0.15, 0.2) is 0 Å². The van der Waals surface area contributed by atoms with Crippen molar-refractivity contribution in [1.29, 1.82) is 0 Å². The molecule has 0 saturated heterocycles. The molecule has 0 fully saturated rings. The molecule has 0 aliphatic heterocycles. The number of benzene rings is 1. The van der Waals surface area contributed by atoms with Gasteiger partial charge in [-0.25, -0.2) is 0 Å². The molecule has 0 aliphatic carbocycles. The summed E-state index contributed by atoms with van der Waals surface area (Å²) in [4.78, 5) is 12.2. The molecule has 0 saturated carbocycles. The smallest absolute Gasteiger partial charge is 0.253 e. The zero-order valence-corrected chi connectivity index (χ0v) is 14.9. The Morgan fingerprint density at radius 3 is 2.76 bits per heavy atom. The monoisotopic (exact) mass is 426 g/mol. The van der Waals surface area contributed by atoms with Crippen molar-refractivity contribution < 1.29 is 4.79 Å².